The number of aromatic nitrogens is 2. The molecule has 186 valence electrons. The van der Waals surface area contributed by atoms with Gasteiger partial charge in [-0.3, -0.25) is 4.79 Å². The second kappa shape index (κ2) is 10.1. The second-order valence-electron chi connectivity index (χ2n) is 9.55. The SMILES string of the molecule is O=C(O)[C@@H]1[C@H](Nc2nc(Nc3ccc4c(c3)CCC(NCC(F)F)CC4)ncc2Cl)[C@H]2C=C[C@@H]1C2. The lowest BCUT2D eigenvalue weighted by molar-refractivity contribution is -0.142. The highest BCUT2D eigenvalue weighted by atomic mass is 35.5. The van der Waals surface area contributed by atoms with Crippen molar-refractivity contribution in [3.63, 3.8) is 0 Å². The molecule has 1 unspecified atom stereocenters. The van der Waals surface area contributed by atoms with Crippen LogP contribution in [0.1, 0.15) is 30.4 Å². The van der Waals surface area contributed by atoms with E-state index in [9.17, 15) is 18.7 Å². The standard InChI is InChI=1S/C25H28ClF2N5O2/c26-19-11-30-25(33-23(19)32-22-16-2-1-15(9-16)21(22)24(34)35)31-18-8-4-13-3-6-17(29-12-20(27)28)7-5-14(13)10-18/h1-2,4,8,10-11,15-17,20-22,29H,3,5-7,9,12H2,(H,34,35)(H2,30,31,32,33)/t15-,16+,17?,21+,22-/m1/s1. The fourth-order valence-corrected chi connectivity index (χ4v) is 5.76. The molecule has 3 aliphatic rings. The Morgan fingerprint density at radius 3 is 2.71 bits per heavy atom. The predicted octanol–water partition coefficient (Wildman–Crippen LogP) is 4.66. The molecule has 2 aromatic rings. The van der Waals surface area contributed by atoms with Crippen LogP contribution in [0.4, 0.5) is 26.2 Å². The van der Waals surface area contributed by atoms with Crippen molar-refractivity contribution in [2.45, 2.75) is 50.6 Å². The van der Waals surface area contributed by atoms with Crippen LogP contribution in [0.3, 0.4) is 0 Å². The Morgan fingerprint density at radius 1 is 1.17 bits per heavy atom. The number of allylic oxidation sites excluding steroid dienone is 1. The average Bonchev–Trinajstić information content (AvgIpc) is 3.37. The first kappa shape index (κ1) is 23.9. The van der Waals surface area contributed by atoms with Gasteiger partial charge in [-0.1, -0.05) is 29.8 Å². The number of aryl methyl sites for hydroxylation is 2. The average molecular weight is 504 g/mol. The van der Waals surface area contributed by atoms with Gasteiger partial charge in [-0.25, -0.2) is 13.8 Å². The fraction of sp³-hybridized carbons (Fsp3) is 0.480. The van der Waals surface area contributed by atoms with Gasteiger partial charge < -0.3 is 21.1 Å². The van der Waals surface area contributed by atoms with E-state index in [0.717, 1.165) is 37.8 Å². The van der Waals surface area contributed by atoms with E-state index in [1.165, 1.54) is 17.3 Å². The number of hydrogen-bond acceptors (Lipinski definition) is 6. The number of anilines is 3. The lowest BCUT2D eigenvalue weighted by Gasteiger charge is -2.26. The van der Waals surface area contributed by atoms with Crippen molar-refractivity contribution in [3.05, 3.63) is 52.7 Å². The molecule has 0 aliphatic heterocycles. The van der Waals surface area contributed by atoms with Gasteiger partial charge in [-0.2, -0.15) is 4.98 Å². The first-order chi connectivity index (χ1) is 16.9. The van der Waals surface area contributed by atoms with Gasteiger partial charge in [-0.05, 0) is 67.2 Å². The minimum atomic E-state index is -2.34. The molecule has 2 bridgehead atoms. The molecule has 1 saturated carbocycles. The third-order valence-corrected chi connectivity index (χ3v) is 7.62. The molecule has 7 nitrogen and oxygen atoms in total. The molecule has 1 aromatic heterocycles. The van der Waals surface area contributed by atoms with Crippen molar-refractivity contribution in [1.82, 2.24) is 15.3 Å². The third kappa shape index (κ3) is 5.26. The summed E-state index contributed by atoms with van der Waals surface area (Å²) in [6.07, 6.45) is 7.31. The number of hydrogen-bond donors (Lipinski definition) is 4. The maximum atomic E-state index is 12.6. The highest BCUT2D eigenvalue weighted by Crippen LogP contribution is 2.45. The highest BCUT2D eigenvalue weighted by Gasteiger charge is 2.48. The van der Waals surface area contributed by atoms with E-state index in [1.807, 2.05) is 12.1 Å². The quantitative estimate of drug-likeness (QED) is 0.307. The van der Waals surface area contributed by atoms with Gasteiger partial charge in [0, 0.05) is 17.8 Å². The summed E-state index contributed by atoms with van der Waals surface area (Å²) in [6, 6.07) is 5.87. The van der Waals surface area contributed by atoms with Crippen molar-refractivity contribution in [2.75, 3.05) is 17.2 Å². The maximum absolute atomic E-state index is 12.6. The van der Waals surface area contributed by atoms with Crippen LogP contribution in [0.15, 0.2) is 36.5 Å². The number of alkyl halides is 2. The smallest absolute Gasteiger partial charge is 0.309 e. The van der Waals surface area contributed by atoms with E-state index < -0.39 is 18.3 Å². The molecular formula is C25H28ClF2N5O2. The van der Waals surface area contributed by atoms with Crippen molar-refractivity contribution >= 4 is 35.0 Å². The zero-order valence-corrected chi connectivity index (χ0v) is 19.8. The molecule has 3 aliphatic carbocycles. The molecule has 0 amide bonds. The zero-order chi connectivity index (χ0) is 24.5. The number of nitrogens with zero attached hydrogens (tertiary/aromatic N) is 2. The van der Waals surface area contributed by atoms with E-state index in [0.29, 0.717) is 16.8 Å². The summed E-state index contributed by atoms with van der Waals surface area (Å²) in [4.78, 5) is 20.6. The van der Waals surface area contributed by atoms with Crippen LogP contribution in [-0.2, 0) is 17.6 Å². The van der Waals surface area contributed by atoms with Gasteiger partial charge in [0.05, 0.1) is 18.7 Å². The van der Waals surface area contributed by atoms with Crippen molar-refractivity contribution in [1.29, 1.82) is 0 Å². The summed E-state index contributed by atoms with van der Waals surface area (Å²) in [7, 11) is 0. The molecule has 0 spiro atoms. The van der Waals surface area contributed by atoms with E-state index in [4.69, 9.17) is 11.6 Å². The minimum Gasteiger partial charge on any atom is -0.481 e. The van der Waals surface area contributed by atoms with E-state index >= 15 is 0 Å². The number of carbonyl (C=O) groups is 1. The second-order valence-corrected chi connectivity index (χ2v) is 9.96. The van der Waals surface area contributed by atoms with Crippen LogP contribution in [-0.4, -0.2) is 46.1 Å². The summed E-state index contributed by atoms with van der Waals surface area (Å²) in [5.74, 6) is -0.419. The first-order valence-electron chi connectivity index (χ1n) is 12.0. The Labute approximate surface area is 207 Å². The molecule has 5 atom stereocenters. The number of halogens is 3. The number of fused-ring (bicyclic) bond motifs is 3. The Hall–Kier alpha value is -2.78. The summed E-state index contributed by atoms with van der Waals surface area (Å²) < 4.78 is 25.1. The Balaban J connectivity index is 1.27. The van der Waals surface area contributed by atoms with Crippen LogP contribution in [0.2, 0.25) is 5.02 Å². The van der Waals surface area contributed by atoms with E-state index in [2.05, 4.69) is 44.1 Å². The topological polar surface area (TPSA) is 99.2 Å². The fourth-order valence-electron chi connectivity index (χ4n) is 5.62. The molecule has 1 fully saturated rings. The normalized spacial score (nSPS) is 27.0. The van der Waals surface area contributed by atoms with Gasteiger partial charge in [0.15, 0.2) is 5.82 Å². The molecule has 5 rings (SSSR count). The summed E-state index contributed by atoms with van der Waals surface area (Å²) in [5.41, 5.74) is 3.23. The first-order valence-corrected chi connectivity index (χ1v) is 12.4. The lowest BCUT2D eigenvalue weighted by atomic mass is 9.89. The molecular weight excluding hydrogens is 476 g/mol. The Kier molecular flexibility index (Phi) is 6.88. The van der Waals surface area contributed by atoms with Crippen LogP contribution < -0.4 is 16.0 Å². The molecule has 10 heteroatoms. The molecule has 0 saturated heterocycles. The summed E-state index contributed by atoms with van der Waals surface area (Å²) >= 11 is 6.35. The minimum absolute atomic E-state index is 0.0259. The molecule has 1 aromatic carbocycles. The number of benzene rings is 1. The molecule has 1 heterocycles. The Morgan fingerprint density at radius 2 is 1.94 bits per heavy atom. The summed E-state index contributed by atoms with van der Waals surface area (Å²) in [5, 5.41) is 19.5. The highest BCUT2D eigenvalue weighted by molar-refractivity contribution is 6.32. The Bertz CT molecular complexity index is 1130. The van der Waals surface area contributed by atoms with Crippen LogP contribution in [0.5, 0.6) is 0 Å². The zero-order valence-electron chi connectivity index (χ0n) is 19.1. The van der Waals surface area contributed by atoms with Gasteiger partial charge in [-0.15, -0.1) is 0 Å². The lowest BCUT2D eigenvalue weighted by Crippen LogP contribution is -2.38. The molecule has 4 N–H and O–H groups in total. The van der Waals surface area contributed by atoms with Crippen molar-refractivity contribution in [3.8, 4) is 0 Å². The number of carboxylic acids is 1. The predicted molar refractivity (Wildman–Crippen MR) is 130 cm³/mol. The number of nitrogens with one attached hydrogen (secondary N) is 3. The molecule has 35 heavy (non-hydrogen) atoms. The van der Waals surface area contributed by atoms with Crippen LogP contribution in [0, 0.1) is 17.8 Å². The third-order valence-electron chi connectivity index (χ3n) is 7.34. The van der Waals surface area contributed by atoms with Crippen molar-refractivity contribution in [2.24, 2.45) is 17.8 Å². The number of aliphatic carboxylic acids is 1. The van der Waals surface area contributed by atoms with Gasteiger partial charge in [0.1, 0.15) is 5.02 Å². The van der Waals surface area contributed by atoms with Gasteiger partial charge in [0.25, 0.3) is 6.43 Å². The van der Waals surface area contributed by atoms with Crippen molar-refractivity contribution < 1.29 is 18.7 Å². The van der Waals surface area contributed by atoms with E-state index in [-0.39, 0.29) is 30.5 Å². The number of carboxylic acid groups (broad SMARTS) is 1. The maximum Gasteiger partial charge on any atom is 0.309 e. The van der Waals surface area contributed by atoms with E-state index in [1.54, 1.807) is 0 Å². The monoisotopic (exact) mass is 503 g/mol. The van der Waals surface area contributed by atoms with Crippen LogP contribution >= 0.6 is 11.6 Å². The number of rotatable bonds is 8. The largest absolute Gasteiger partial charge is 0.481 e. The summed E-state index contributed by atoms with van der Waals surface area (Å²) in [6.45, 7) is -0.274. The van der Waals surface area contributed by atoms with Gasteiger partial charge in [0.2, 0.25) is 5.95 Å². The van der Waals surface area contributed by atoms with Crippen LogP contribution in [0.25, 0.3) is 0 Å². The van der Waals surface area contributed by atoms with Gasteiger partial charge >= 0.3 is 5.97 Å². The molecule has 0 radical (unpaired) electrons.